The Balaban J connectivity index is 1.15. The van der Waals surface area contributed by atoms with Gasteiger partial charge < -0.3 is 58.0 Å². The van der Waals surface area contributed by atoms with Gasteiger partial charge in [0.05, 0.1) is 39.5 Å². The molecule has 1 aliphatic carbocycles. The molecule has 47 heavy (non-hydrogen) atoms. The summed E-state index contributed by atoms with van der Waals surface area (Å²) in [5, 5.41) is 33.2. The highest BCUT2D eigenvalue weighted by atomic mass is 16.8. The fourth-order valence-electron chi connectivity index (χ4n) is 7.39. The lowest BCUT2D eigenvalue weighted by atomic mass is 9.66. The Kier molecular flexibility index (Phi) is 7.62. The van der Waals surface area contributed by atoms with Crippen LogP contribution < -0.4 is 18.9 Å². The molecule has 10 atom stereocenters. The number of aromatic hydroxyl groups is 1. The van der Waals surface area contributed by atoms with Crippen molar-refractivity contribution >= 4 is 5.97 Å². The molecule has 8 rings (SSSR count). The highest BCUT2D eigenvalue weighted by Crippen LogP contribution is 2.57. The molecule has 13 heteroatoms. The predicted octanol–water partition coefficient (Wildman–Crippen LogP) is 2.69. The predicted molar refractivity (Wildman–Crippen MR) is 158 cm³/mol. The third-order valence-corrected chi connectivity index (χ3v) is 9.67. The summed E-state index contributed by atoms with van der Waals surface area (Å²) in [5.74, 6) is -1.11. The summed E-state index contributed by atoms with van der Waals surface area (Å²) < 4.78 is 52.7. The maximum Gasteiger partial charge on any atom is 0.310 e. The third kappa shape index (κ3) is 4.96. The maximum atomic E-state index is 13.5. The number of methoxy groups -OCH3 is 2. The van der Waals surface area contributed by atoms with Crippen LogP contribution in [0.3, 0.4) is 0 Å². The van der Waals surface area contributed by atoms with Gasteiger partial charge in [-0.3, -0.25) is 4.79 Å². The van der Waals surface area contributed by atoms with Crippen LogP contribution in [0.25, 0.3) is 0 Å². The Labute approximate surface area is 269 Å². The monoisotopic (exact) mass is 650 g/mol. The van der Waals surface area contributed by atoms with Crippen LogP contribution in [0.2, 0.25) is 0 Å². The molecular formula is C34H34O13. The highest BCUT2D eigenvalue weighted by molar-refractivity contribution is 5.79. The van der Waals surface area contributed by atoms with E-state index < -0.39 is 66.8 Å². The van der Waals surface area contributed by atoms with Crippen molar-refractivity contribution in [3.05, 3.63) is 76.9 Å². The molecule has 0 spiro atoms. The van der Waals surface area contributed by atoms with Gasteiger partial charge >= 0.3 is 5.97 Å². The fourth-order valence-corrected chi connectivity index (χ4v) is 7.39. The van der Waals surface area contributed by atoms with Gasteiger partial charge in [0.1, 0.15) is 24.4 Å². The summed E-state index contributed by atoms with van der Waals surface area (Å²) in [6, 6.07) is 16.2. The van der Waals surface area contributed by atoms with E-state index in [-0.39, 0.29) is 37.3 Å². The van der Waals surface area contributed by atoms with Gasteiger partial charge in [0.15, 0.2) is 35.6 Å². The Morgan fingerprint density at radius 3 is 2.21 bits per heavy atom. The van der Waals surface area contributed by atoms with Crippen molar-refractivity contribution in [2.75, 3.05) is 34.2 Å². The van der Waals surface area contributed by atoms with Gasteiger partial charge in [0.25, 0.3) is 0 Å². The molecule has 248 valence electrons. The van der Waals surface area contributed by atoms with Crippen LogP contribution >= 0.6 is 0 Å². The number of esters is 1. The molecule has 3 fully saturated rings. The van der Waals surface area contributed by atoms with E-state index in [4.69, 9.17) is 42.6 Å². The normalized spacial score (nSPS) is 33.7. The van der Waals surface area contributed by atoms with Gasteiger partial charge in [-0.25, -0.2) is 0 Å². The van der Waals surface area contributed by atoms with Crippen molar-refractivity contribution in [2.45, 2.75) is 49.0 Å². The molecule has 3 saturated heterocycles. The summed E-state index contributed by atoms with van der Waals surface area (Å²) >= 11 is 0. The number of aliphatic hydroxyl groups excluding tert-OH is 2. The number of carbonyl (C=O) groups is 1. The number of benzene rings is 3. The van der Waals surface area contributed by atoms with Crippen LogP contribution in [0, 0.1) is 11.8 Å². The molecular weight excluding hydrogens is 616 g/mol. The molecule has 1 unspecified atom stereocenters. The molecule has 0 bridgehead atoms. The Hall–Kier alpha value is -4.11. The van der Waals surface area contributed by atoms with Crippen LogP contribution in [0.5, 0.6) is 28.7 Å². The van der Waals surface area contributed by atoms with Crippen LogP contribution in [0.15, 0.2) is 54.6 Å². The Morgan fingerprint density at radius 2 is 1.51 bits per heavy atom. The second-order valence-corrected chi connectivity index (χ2v) is 12.2. The van der Waals surface area contributed by atoms with Gasteiger partial charge in [0.2, 0.25) is 12.5 Å². The van der Waals surface area contributed by atoms with E-state index in [1.165, 1.54) is 14.2 Å². The number of cyclic esters (lactones) is 1. The second-order valence-electron chi connectivity index (χ2n) is 12.2. The van der Waals surface area contributed by atoms with E-state index >= 15 is 0 Å². The number of carbonyl (C=O) groups excluding carboxylic acids is 1. The van der Waals surface area contributed by atoms with Gasteiger partial charge in [-0.1, -0.05) is 30.3 Å². The average Bonchev–Trinajstić information content (AvgIpc) is 3.72. The third-order valence-electron chi connectivity index (χ3n) is 9.67. The number of ether oxygens (including phenoxy) is 9. The first-order valence-corrected chi connectivity index (χ1v) is 15.4. The topological polar surface area (TPSA) is 161 Å². The van der Waals surface area contributed by atoms with Gasteiger partial charge in [-0.2, -0.15) is 0 Å². The Morgan fingerprint density at radius 1 is 0.809 bits per heavy atom. The van der Waals surface area contributed by atoms with E-state index in [0.717, 1.165) is 5.56 Å². The molecule has 4 heterocycles. The summed E-state index contributed by atoms with van der Waals surface area (Å²) in [5.41, 5.74) is 2.77. The largest absolute Gasteiger partial charge is 0.502 e. The zero-order valence-corrected chi connectivity index (χ0v) is 25.5. The van der Waals surface area contributed by atoms with Crippen LogP contribution in [-0.2, 0) is 28.5 Å². The molecule has 0 saturated carbocycles. The highest BCUT2D eigenvalue weighted by Gasteiger charge is 2.56. The summed E-state index contributed by atoms with van der Waals surface area (Å²) in [6.07, 6.45) is -7.29. The minimum Gasteiger partial charge on any atom is -0.502 e. The van der Waals surface area contributed by atoms with E-state index in [0.29, 0.717) is 28.2 Å². The van der Waals surface area contributed by atoms with Crippen molar-refractivity contribution in [1.29, 1.82) is 0 Å². The molecule has 5 aliphatic rings. The van der Waals surface area contributed by atoms with Gasteiger partial charge in [0, 0.05) is 17.4 Å². The number of phenols is 1. The fraction of sp³-hybridized carbons (Fsp3) is 0.441. The first-order chi connectivity index (χ1) is 22.9. The van der Waals surface area contributed by atoms with Crippen LogP contribution in [0.1, 0.15) is 40.6 Å². The van der Waals surface area contributed by atoms with Crippen molar-refractivity contribution in [2.24, 2.45) is 11.8 Å². The standard InChI is InChI=1S/C34H34O13/c1-39-22-8-16(9-23(40-2)27(22)35)25-17-10-20-21(44-14-43-20)11-18(17)30(19-12-41-32(38)26(19)25)46-34-29(37)28(36)31-24(45-34)13-42-33(47-31)15-6-4-3-5-7-15/h3-11,19,24-26,28-31,33-37H,12-14H2,1-2H3/t19-,24+,25+,26-,28+,29+,30-,31+,33?,34-/m0/s1. The summed E-state index contributed by atoms with van der Waals surface area (Å²) in [7, 11) is 2.86. The zero-order valence-electron chi connectivity index (χ0n) is 25.5. The zero-order chi connectivity index (χ0) is 32.4. The number of aliphatic hydroxyl groups is 2. The van der Waals surface area contributed by atoms with E-state index in [2.05, 4.69) is 0 Å². The second kappa shape index (κ2) is 11.8. The first-order valence-electron chi connectivity index (χ1n) is 15.4. The summed E-state index contributed by atoms with van der Waals surface area (Å²) in [4.78, 5) is 13.5. The SMILES string of the molecule is COc1cc([C@@H]2c3cc4c(cc3[C@H](O[C@@H]3O[C@@H]5COC(c6ccccc6)O[C@H]5[C@H](O)[C@H]3O)[C@H]3COC(=O)[C@H]23)OCO4)cc(OC)c1O. The van der Waals surface area contributed by atoms with Gasteiger partial charge in [-0.15, -0.1) is 0 Å². The number of hydrogen-bond acceptors (Lipinski definition) is 13. The van der Waals surface area contributed by atoms with E-state index in [1.54, 1.807) is 18.2 Å². The molecule has 0 radical (unpaired) electrons. The quantitative estimate of drug-likeness (QED) is 0.335. The van der Waals surface area contributed by atoms with E-state index in [9.17, 15) is 20.1 Å². The minimum atomic E-state index is -1.48. The Bertz CT molecular complexity index is 1640. The number of fused-ring (bicyclic) bond motifs is 4. The molecule has 3 aromatic carbocycles. The molecule has 3 N–H and O–H groups in total. The molecule has 0 aromatic heterocycles. The molecule has 4 aliphatic heterocycles. The minimum absolute atomic E-state index is 0.0217. The van der Waals surface area contributed by atoms with Crippen molar-refractivity contribution in [3.63, 3.8) is 0 Å². The number of hydrogen-bond donors (Lipinski definition) is 3. The first kappa shape index (κ1) is 30.2. The lowest BCUT2D eigenvalue weighted by Crippen LogP contribution is -2.62. The van der Waals surface area contributed by atoms with Crippen molar-refractivity contribution < 1.29 is 62.7 Å². The molecule has 13 nitrogen and oxygen atoms in total. The van der Waals surface area contributed by atoms with Crippen molar-refractivity contribution in [3.8, 4) is 28.7 Å². The van der Waals surface area contributed by atoms with E-state index in [1.807, 2.05) is 36.4 Å². The lowest BCUT2D eigenvalue weighted by Gasteiger charge is -2.48. The van der Waals surface area contributed by atoms with Crippen LogP contribution in [0.4, 0.5) is 0 Å². The molecule has 0 amide bonds. The lowest BCUT2D eigenvalue weighted by molar-refractivity contribution is -0.369. The van der Waals surface area contributed by atoms with Crippen LogP contribution in [-0.4, -0.2) is 86.2 Å². The van der Waals surface area contributed by atoms with Gasteiger partial charge in [-0.05, 0) is 41.0 Å². The maximum absolute atomic E-state index is 13.5. The van der Waals surface area contributed by atoms with Crippen molar-refractivity contribution in [1.82, 2.24) is 0 Å². The number of rotatable bonds is 6. The summed E-state index contributed by atoms with van der Waals surface area (Å²) in [6.45, 7) is 0.148. The average molecular weight is 651 g/mol. The number of phenolic OH excluding ortho intramolecular Hbond substituents is 1. The smallest absolute Gasteiger partial charge is 0.310 e. The molecule has 3 aromatic rings.